The highest BCUT2D eigenvalue weighted by molar-refractivity contribution is 6.26. The van der Waals surface area contributed by atoms with Crippen molar-refractivity contribution < 1.29 is 14.3 Å². The van der Waals surface area contributed by atoms with Crippen LogP contribution in [0.25, 0.3) is 0 Å². The number of nitrogens with two attached hydrogens (primary N) is 1. The van der Waals surface area contributed by atoms with Crippen molar-refractivity contribution in [1.29, 1.82) is 0 Å². The Hall–Kier alpha value is -1.49. The lowest BCUT2D eigenvalue weighted by Crippen LogP contribution is -2.46. The van der Waals surface area contributed by atoms with Gasteiger partial charge in [0.25, 0.3) is 0 Å². The molecular weight excluding hydrogens is 280 g/mol. The van der Waals surface area contributed by atoms with E-state index < -0.39 is 16.9 Å². The summed E-state index contributed by atoms with van der Waals surface area (Å²) in [4.78, 5) is 23.1. The Labute approximate surface area is 124 Å². The third kappa shape index (κ3) is 3.76. The molecule has 1 aliphatic rings. The van der Waals surface area contributed by atoms with Crippen LogP contribution in [-0.2, 0) is 14.3 Å². The minimum absolute atomic E-state index is 0.0708. The Balaban J connectivity index is 2.84. The number of nitrogens with one attached hydrogen (secondary N) is 1. The highest BCUT2D eigenvalue weighted by atomic mass is 35.5. The first-order valence-electron chi connectivity index (χ1n) is 6.43. The molecule has 0 aromatic carbocycles. The molecule has 1 rings (SSSR count). The highest BCUT2D eigenvalue weighted by Crippen LogP contribution is 2.32. The number of allylic oxidation sites excluding steroid dienone is 3. The van der Waals surface area contributed by atoms with Crippen LogP contribution in [-0.4, -0.2) is 29.9 Å². The van der Waals surface area contributed by atoms with Crippen LogP contribution in [0.4, 0.5) is 0 Å². The smallest absolute Gasteiger partial charge is 0.328 e. The molecule has 1 amide bonds. The number of hydrogen-bond donors (Lipinski definition) is 2. The van der Waals surface area contributed by atoms with E-state index in [-0.39, 0.29) is 11.8 Å². The van der Waals surface area contributed by atoms with Gasteiger partial charge in [0.15, 0.2) is 0 Å². The number of carbonyl (C=O) groups is 2. The molecule has 0 spiro atoms. The molecule has 0 saturated carbocycles. The van der Waals surface area contributed by atoms with Crippen molar-refractivity contribution in [3.8, 4) is 0 Å². The van der Waals surface area contributed by atoms with Crippen LogP contribution >= 0.6 is 11.6 Å². The molecule has 0 aromatic rings. The van der Waals surface area contributed by atoms with Crippen molar-refractivity contribution in [3.05, 3.63) is 23.4 Å². The van der Waals surface area contributed by atoms with Crippen LogP contribution < -0.4 is 11.1 Å². The average Bonchev–Trinajstić information content (AvgIpc) is 2.37. The zero-order valence-electron chi connectivity index (χ0n) is 12.2. The molecule has 3 N–H and O–H groups in total. The summed E-state index contributed by atoms with van der Waals surface area (Å²) in [5.41, 5.74) is 6.78. The van der Waals surface area contributed by atoms with Gasteiger partial charge in [0, 0.05) is 17.7 Å². The summed E-state index contributed by atoms with van der Waals surface area (Å²) in [5, 5.41) is 2.68. The second kappa shape index (κ2) is 6.31. The number of rotatable bonds is 4. The Bertz CT molecular complexity index is 467. The van der Waals surface area contributed by atoms with Crippen LogP contribution in [0, 0.1) is 5.92 Å². The van der Waals surface area contributed by atoms with Crippen molar-refractivity contribution in [1.82, 2.24) is 5.32 Å². The number of halogens is 1. The molecule has 2 atom stereocenters. The molecule has 0 aromatic heterocycles. The van der Waals surface area contributed by atoms with E-state index in [4.69, 9.17) is 17.3 Å². The largest absolute Gasteiger partial charge is 0.467 e. The Morgan fingerprint density at radius 3 is 2.50 bits per heavy atom. The van der Waals surface area contributed by atoms with E-state index in [1.165, 1.54) is 7.11 Å². The van der Waals surface area contributed by atoms with E-state index in [0.717, 1.165) is 0 Å². The van der Waals surface area contributed by atoms with Crippen LogP contribution in [0.2, 0.25) is 0 Å². The summed E-state index contributed by atoms with van der Waals surface area (Å²) < 4.78 is 4.69. The maximum absolute atomic E-state index is 12.2. The predicted octanol–water partition coefficient (Wildman–Crippen LogP) is 1.47. The van der Waals surface area contributed by atoms with Crippen molar-refractivity contribution in [2.24, 2.45) is 11.7 Å². The summed E-state index contributed by atoms with van der Waals surface area (Å²) in [5.74, 6) is -0.864. The van der Waals surface area contributed by atoms with Crippen LogP contribution in [0.3, 0.4) is 0 Å². The van der Waals surface area contributed by atoms with E-state index in [0.29, 0.717) is 17.7 Å². The normalized spacial score (nSPS) is 23.7. The van der Waals surface area contributed by atoms with Gasteiger partial charge < -0.3 is 15.8 Å². The van der Waals surface area contributed by atoms with Crippen molar-refractivity contribution in [2.45, 2.75) is 38.1 Å². The van der Waals surface area contributed by atoms with Gasteiger partial charge in [0.05, 0.1) is 12.0 Å². The molecule has 0 radical (unpaired) electrons. The molecule has 0 aliphatic heterocycles. The van der Waals surface area contributed by atoms with Gasteiger partial charge in [0.2, 0.25) is 5.91 Å². The molecule has 0 saturated heterocycles. The quantitative estimate of drug-likeness (QED) is 0.608. The molecule has 0 fully saturated rings. The third-order valence-electron chi connectivity index (χ3n) is 3.29. The molecule has 5 nitrogen and oxygen atoms in total. The first kappa shape index (κ1) is 16.6. The van der Waals surface area contributed by atoms with E-state index in [2.05, 4.69) is 10.1 Å². The molecule has 0 bridgehead atoms. The predicted molar refractivity (Wildman–Crippen MR) is 78.0 cm³/mol. The number of hydrogen-bond acceptors (Lipinski definition) is 4. The van der Waals surface area contributed by atoms with Crippen molar-refractivity contribution in [3.63, 3.8) is 0 Å². The maximum Gasteiger partial charge on any atom is 0.328 e. The Morgan fingerprint density at radius 2 is 2.05 bits per heavy atom. The third-order valence-corrected chi connectivity index (χ3v) is 3.64. The first-order valence-corrected chi connectivity index (χ1v) is 6.81. The number of esters is 1. The Kier molecular flexibility index (Phi) is 5.22. The minimum atomic E-state index is -0.778. The summed E-state index contributed by atoms with van der Waals surface area (Å²) in [6.07, 6.45) is 3.56. The number of ether oxygens (including phenoxy) is 1. The molecule has 0 heterocycles. The summed E-state index contributed by atoms with van der Waals surface area (Å²) in [6.45, 7) is 5.42. The number of amides is 1. The zero-order chi connectivity index (χ0) is 15.5. The van der Waals surface area contributed by atoms with Gasteiger partial charge in [-0.2, -0.15) is 0 Å². The molecule has 1 unspecified atom stereocenters. The topological polar surface area (TPSA) is 81.4 Å². The van der Waals surface area contributed by atoms with Gasteiger partial charge in [-0.05, 0) is 18.9 Å². The molecular formula is C14H21ClN2O3. The van der Waals surface area contributed by atoms with Gasteiger partial charge in [-0.15, -0.1) is 11.6 Å². The number of carbonyl (C=O) groups excluding carboxylic acids is 2. The average molecular weight is 301 g/mol. The van der Waals surface area contributed by atoms with E-state index in [1.807, 2.05) is 13.8 Å². The van der Waals surface area contributed by atoms with Gasteiger partial charge in [-0.1, -0.05) is 19.9 Å². The zero-order valence-corrected chi connectivity index (χ0v) is 13.0. The van der Waals surface area contributed by atoms with Crippen LogP contribution in [0.5, 0.6) is 0 Å². The minimum Gasteiger partial charge on any atom is -0.467 e. The van der Waals surface area contributed by atoms with E-state index in [1.54, 1.807) is 19.1 Å². The fourth-order valence-corrected chi connectivity index (χ4v) is 2.10. The Morgan fingerprint density at radius 1 is 1.45 bits per heavy atom. The number of methoxy groups -OCH3 is 1. The lowest BCUT2D eigenvalue weighted by atomic mass is 9.91. The summed E-state index contributed by atoms with van der Waals surface area (Å²) in [7, 11) is 1.29. The van der Waals surface area contributed by atoms with Crippen LogP contribution in [0.15, 0.2) is 23.4 Å². The molecule has 6 heteroatoms. The van der Waals surface area contributed by atoms with Gasteiger partial charge in [-0.3, -0.25) is 4.79 Å². The van der Waals surface area contributed by atoms with Crippen LogP contribution in [0.1, 0.15) is 27.2 Å². The lowest BCUT2D eigenvalue weighted by molar-refractivity contribution is -0.146. The first-order chi connectivity index (χ1) is 9.19. The van der Waals surface area contributed by atoms with Crippen molar-refractivity contribution in [2.75, 3.05) is 7.11 Å². The second-order valence-corrected chi connectivity index (χ2v) is 6.24. The monoisotopic (exact) mass is 300 g/mol. The fraction of sp³-hybridized carbons (Fsp3) is 0.571. The van der Waals surface area contributed by atoms with Gasteiger partial charge in [-0.25, -0.2) is 4.79 Å². The lowest BCUT2D eigenvalue weighted by Gasteiger charge is -2.28. The second-order valence-electron chi connectivity index (χ2n) is 5.41. The van der Waals surface area contributed by atoms with Gasteiger partial charge >= 0.3 is 5.97 Å². The summed E-state index contributed by atoms with van der Waals surface area (Å²) >= 11 is 6.24. The summed E-state index contributed by atoms with van der Waals surface area (Å²) in [6, 6.07) is -0.682. The van der Waals surface area contributed by atoms with E-state index in [9.17, 15) is 9.59 Å². The van der Waals surface area contributed by atoms with Crippen molar-refractivity contribution >= 4 is 23.5 Å². The maximum atomic E-state index is 12.2. The SMILES string of the molecule is COC(=O)[C@@H](NC(=O)C1=CC=C(N)C(C)(Cl)C1)C(C)C. The molecule has 1 aliphatic carbocycles. The molecule has 112 valence electrons. The standard InChI is InChI=1S/C14H21ClN2O3/c1-8(2)11(13(19)20-4)17-12(18)9-5-6-10(16)14(3,15)7-9/h5-6,8,11H,7,16H2,1-4H3,(H,17,18)/t11-,14?/m0/s1. The number of alkyl halides is 1. The fourth-order valence-electron chi connectivity index (χ4n) is 1.90. The highest BCUT2D eigenvalue weighted by Gasteiger charge is 2.32. The van der Waals surface area contributed by atoms with E-state index >= 15 is 0 Å². The molecule has 20 heavy (non-hydrogen) atoms. The van der Waals surface area contributed by atoms with Gasteiger partial charge in [0.1, 0.15) is 6.04 Å².